The van der Waals surface area contributed by atoms with Crippen LogP contribution in [0.5, 0.6) is 0 Å². The normalized spacial score (nSPS) is 14.1. The number of imide groups is 1. The Morgan fingerprint density at radius 2 is 1.82 bits per heavy atom. The van der Waals surface area contributed by atoms with Crippen LogP contribution < -0.4 is 0 Å². The van der Waals surface area contributed by atoms with Gasteiger partial charge >= 0.3 is 0 Å². The van der Waals surface area contributed by atoms with Gasteiger partial charge in [0, 0.05) is 34.4 Å². The molecule has 1 N–H and O–H groups in total. The van der Waals surface area contributed by atoms with Gasteiger partial charge in [0.25, 0.3) is 11.8 Å². The van der Waals surface area contributed by atoms with Crippen LogP contribution in [0.3, 0.4) is 0 Å². The van der Waals surface area contributed by atoms with Crippen molar-refractivity contribution in [2.75, 3.05) is 26.0 Å². The first kappa shape index (κ1) is 19.0. The van der Waals surface area contributed by atoms with Gasteiger partial charge in [-0.15, -0.1) is 11.8 Å². The van der Waals surface area contributed by atoms with Crippen LogP contribution in [0.15, 0.2) is 35.2 Å². The van der Waals surface area contributed by atoms with Crippen molar-refractivity contribution >= 4 is 45.4 Å². The van der Waals surface area contributed by atoms with Crippen LogP contribution in [0.25, 0.3) is 21.8 Å². The molecule has 0 fully saturated rings. The van der Waals surface area contributed by atoms with E-state index in [-0.39, 0.29) is 18.4 Å². The summed E-state index contributed by atoms with van der Waals surface area (Å²) in [6.07, 6.45) is 1.35. The first-order valence-corrected chi connectivity index (χ1v) is 10.5. The number of hydrogen-bond donors (Lipinski definition) is 1. The Hall–Kier alpha value is -2.35. The molecule has 0 aliphatic carbocycles. The lowest BCUT2D eigenvalue weighted by Gasteiger charge is -2.22. The monoisotopic (exact) mass is 398 g/mol. The first-order valence-electron chi connectivity index (χ1n) is 9.31. The molecule has 2 heterocycles. The van der Waals surface area contributed by atoms with Crippen molar-refractivity contribution in [3.63, 3.8) is 0 Å². The molecular formula is C21H22N2O4S. The lowest BCUT2D eigenvalue weighted by atomic mass is 10.0. The van der Waals surface area contributed by atoms with Gasteiger partial charge in [-0.25, -0.2) is 0 Å². The molecule has 28 heavy (non-hydrogen) atoms. The summed E-state index contributed by atoms with van der Waals surface area (Å²) in [5.74, 6) is -0.617. The predicted molar refractivity (Wildman–Crippen MR) is 110 cm³/mol. The minimum atomic E-state index is -0.629. The lowest BCUT2D eigenvalue weighted by Crippen LogP contribution is -2.39. The Morgan fingerprint density at radius 3 is 2.50 bits per heavy atom. The topological polar surface area (TPSA) is 71.6 Å². The number of nitrogens with one attached hydrogen (secondary N) is 1. The van der Waals surface area contributed by atoms with Crippen LogP contribution in [0, 0.1) is 0 Å². The summed E-state index contributed by atoms with van der Waals surface area (Å²) in [4.78, 5) is 31.8. The van der Waals surface area contributed by atoms with Crippen LogP contribution in [-0.4, -0.2) is 54.0 Å². The van der Waals surface area contributed by atoms with Crippen LogP contribution in [-0.2, 0) is 9.47 Å². The van der Waals surface area contributed by atoms with E-state index < -0.39 is 6.29 Å². The zero-order valence-electron chi connectivity index (χ0n) is 16.1. The van der Waals surface area contributed by atoms with Crippen molar-refractivity contribution in [1.82, 2.24) is 9.88 Å². The first-order chi connectivity index (χ1) is 13.6. The highest BCUT2D eigenvalue weighted by Crippen LogP contribution is 2.40. The molecule has 6 nitrogen and oxygen atoms in total. The molecule has 3 aromatic rings. The van der Waals surface area contributed by atoms with Crippen LogP contribution in [0.4, 0.5) is 0 Å². The van der Waals surface area contributed by atoms with E-state index in [0.29, 0.717) is 29.9 Å². The van der Waals surface area contributed by atoms with E-state index >= 15 is 0 Å². The number of rotatable bonds is 7. The predicted octanol–water partition coefficient (Wildman–Crippen LogP) is 4.04. The number of aromatic nitrogens is 1. The summed E-state index contributed by atoms with van der Waals surface area (Å²) in [5, 5.41) is 2.03. The summed E-state index contributed by atoms with van der Waals surface area (Å²) >= 11 is 1.57. The summed E-state index contributed by atoms with van der Waals surface area (Å²) < 4.78 is 11.1. The van der Waals surface area contributed by atoms with Gasteiger partial charge in [-0.2, -0.15) is 0 Å². The number of carbonyl (C=O) groups is 2. The molecule has 2 amide bonds. The van der Waals surface area contributed by atoms with Gasteiger partial charge in [-0.1, -0.05) is 18.2 Å². The zero-order chi connectivity index (χ0) is 19.8. The Labute approximate surface area is 167 Å². The van der Waals surface area contributed by atoms with Crippen molar-refractivity contribution in [3.05, 3.63) is 41.5 Å². The summed E-state index contributed by atoms with van der Waals surface area (Å²) in [6.45, 7) is 4.66. The minimum absolute atomic E-state index is 0.0738. The second-order valence-corrected chi connectivity index (χ2v) is 7.33. The third kappa shape index (κ3) is 2.90. The van der Waals surface area contributed by atoms with Gasteiger partial charge in [0.15, 0.2) is 6.29 Å². The Bertz CT molecular complexity index is 1070. The number of carbonyl (C=O) groups excluding carboxylic acids is 2. The van der Waals surface area contributed by atoms with E-state index in [0.717, 1.165) is 21.2 Å². The van der Waals surface area contributed by atoms with E-state index in [1.165, 1.54) is 4.90 Å². The van der Waals surface area contributed by atoms with E-state index in [9.17, 15) is 9.59 Å². The maximum Gasteiger partial charge on any atom is 0.263 e. The molecule has 7 heteroatoms. The second-order valence-electron chi connectivity index (χ2n) is 6.48. The quantitative estimate of drug-likeness (QED) is 0.369. The molecule has 1 aliphatic rings. The molecular weight excluding hydrogens is 376 g/mol. The van der Waals surface area contributed by atoms with Crippen molar-refractivity contribution < 1.29 is 19.1 Å². The van der Waals surface area contributed by atoms with Crippen LogP contribution >= 0.6 is 11.8 Å². The average Bonchev–Trinajstić information content (AvgIpc) is 3.19. The fourth-order valence-electron chi connectivity index (χ4n) is 3.76. The Balaban J connectivity index is 1.84. The summed E-state index contributed by atoms with van der Waals surface area (Å²) in [6, 6.07) is 9.76. The highest BCUT2D eigenvalue weighted by atomic mass is 32.2. The number of fused-ring (bicyclic) bond motifs is 5. The highest BCUT2D eigenvalue weighted by molar-refractivity contribution is 7.98. The third-order valence-electron chi connectivity index (χ3n) is 4.94. The van der Waals surface area contributed by atoms with E-state index in [1.54, 1.807) is 11.8 Å². The molecule has 0 saturated carbocycles. The summed E-state index contributed by atoms with van der Waals surface area (Å²) in [7, 11) is 0. The smallest absolute Gasteiger partial charge is 0.263 e. The average molecular weight is 398 g/mol. The third-order valence-corrected chi connectivity index (χ3v) is 5.70. The number of benzene rings is 2. The number of ether oxygens (including phenoxy) is 2. The molecule has 0 unspecified atom stereocenters. The number of amides is 2. The van der Waals surface area contributed by atoms with Crippen LogP contribution in [0.1, 0.15) is 34.6 Å². The van der Waals surface area contributed by atoms with Gasteiger partial charge in [-0.05, 0) is 32.2 Å². The maximum atomic E-state index is 13.2. The van der Waals surface area contributed by atoms with E-state index in [2.05, 4.69) is 4.98 Å². The van der Waals surface area contributed by atoms with E-state index in [4.69, 9.17) is 9.47 Å². The van der Waals surface area contributed by atoms with Crippen LogP contribution in [0.2, 0.25) is 0 Å². The molecule has 0 saturated heterocycles. The SMILES string of the molecule is CCOC(CN1C(=O)c2cc(SC)c3c([nH]c4ccccc43)c2C1=O)OCC. The van der Waals surface area contributed by atoms with Gasteiger partial charge in [0.05, 0.1) is 23.2 Å². The molecule has 2 aromatic carbocycles. The molecule has 0 bridgehead atoms. The van der Waals surface area contributed by atoms with Crippen molar-refractivity contribution in [3.8, 4) is 0 Å². The van der Waals surface area contributed by atoms with Crippen molar-refractivity contribution in [2.24, 2.45) is 0 Å². The molecule has 0 radical (unpaired) electrons. The number of nitrogens with zero attached hydrogens (tertiary/aromatic N) is 1. The molecule has 1 aromatic heterocycles. The van der Waals surface area contributed by atoms with Gasteiger partial charge in [-0.3, -0.25) is 14.5 Å². The van der Waals surface area contributed by atoms with Gasteiger partial charge < -0.3 is 14.5 Å². The van der Waals surface area contributed by atoms with E-state index in [1.807, 2.05) is 50.4 Å². The number of aromatic amines is 1. The van der Waals surface area contributed by atoms with Gasteiger partial charge in [0.1, 0.15) is 0 Å². The standard InChI is InChI=1S/C21H22N2O4S/c1-4-26-16(27-5-2)11-23-20(24)13-10-15(28-3)17-12-8-6-7-9-14(12)22-19(17)18(13)21(23)25/h6-10,16,22H,4-5,11H2,1-3H3. The number of hydrogen-bond acceptors (Lipinski definition) is 5. The summed E-state index contributed by atoms with van der Waals surface area (Å²) in [5.41, 5.74) is 2.52. The number of H-pyrrole nitrogens is 1. The van der Waals surface area contributed by atoms with Crippen molar-refractivity contribution in [1.29, 1.82) is 0 Å². The lowest BCUT2D eigenvalue weighted by molar-refractivity contribution is -0.140. The molecule has 1 aliphatic heterocycles. The molecule has 4 rings (SSSR count). The molecule has 0 atom stereocenters. The van der Waals surface area contributed by atoms with Crippen molar-refractivity contribution in [2.45, 2.75) is 25.0 Å². The fraction of sp³-hybridized carbons (Fsp3) is 0.333. The Kier molecular flexibility index (Phi) is 5.14. The number of para-hydroxylation sites is 1. The fourth-order valence-corrected chi connectivity index (χ4v) is 4.41. The Morgan fingerprint density at radius 1 is 1.11 bits per heavy atom. The minimum Gasteiger partial charge on any atom is -0.354 e. The maximum absolute atomic E-state index is 13.2. The van der Waals surface area contributed by atoms with Gasteiger partial charge in [0.2, 0.25) is 0 Å². The molecule has 0 spiro atoms. The highest BCUT2D eigenvalue weighted by Gasteiger charge is 2.40. The molecule has 146 valence electrons. The number of thioether (sulfide) groups is 1. The zero-order valence-corrected chi connectivity index (χ0v) is 16.9. The largest absolute Gasteiger partial charge is 0.354 e. The second kappa shape index (κ2) is 7.58.